The molecule has 25 heavy (non-hydrogen) atoms. The molecule has 1 heterocycles. The molecule has 0 atom stereocenters. The van der Waals surface area contributed by atoms with Gasteiger partial charge in [0.05, 0.1) is 23.8 Å². The Bertz CT molecular complexity index is 885. The van der Waals surface area contributed by atoms with Gasteiger partial charge in [0.1, 0.15) is 5.75 Å². The smallest absolute Gasteiger partial charge is 0.119 e. The van der Waals surface area contributed by atoms with Crippen molar-refractivity contribution in [1.82, 2.24) is 4.98 Å². The number of nitrogens with zero attached hydrogens (tertiary/aromatic N) is 1. The van der Waals surface area contributed by atoms with E-state index in [1.807, 2.05) is 30.3 Å². The van der Waals surface area contributed by atoms with Crippen LogP contribution in [0.25, 0.3) is 22.2 Å². The lowest BCUT2D eigenvalue weighted by Gasteiger charge is -2.11. The van der Waals surface area contributed by atoms with E-state index in [1.165, 1.54) is 0 Å². The molecule has 0 amide bonds. The minimum atomic E-state index is -1.20. The molecule has 3 rings (SSSR count). The van der Waals surface area contributed by atoms with E-state index in [2.05, 4.69) is 18.8 Å². The molecule has 1 aromatic heterocycles. The van der Waals surface area contributed by atoms with Crippen molar-refractivity contribution < 1.29 is 14.6 Å². The van der Waals surface area contributed by atoms with Gasteiger partial charge in [-0.05, 0) is 48.7 Å². The van der Waals surface area contributed by atoms with Gasteiger partial charge in [0.15, 0.2) is 0 Å². The Balaban J connectivity index is 1.90. The monoisotopic (exact) mass is 334 g/mol. The van der Waals surface area contributed by atoms with Crippen molar-refractivity contribution in [3.8, 4) is 17.0 Å². The van der Waals surface area contributed by atoms with E-state index in [0.29, 0.717) is 29.1 Å². The minimum absolute atomic E-state index is 0.151. The molecule has 0 aliphatic carbocycles. The van der Waals surface area contributed by atoms with Gasteiger partial charge in [-0.25, -0.2) is 4.98 Å². The molecule has 0 radical (unpaired) electrons. The maximum Gasteiger partial charge on any atom is 0.119 e. The summed E-state index contributed by atoms with van der Waals surface area (Å²) in [4.78, 5) is 16.0. The number of hydrogen-bond donors (Lipinski definition) is 0. The second-order valence-corrected chi connectivity index (χ2v) is 6.42. The number of ether oxygens (including phenoxy) is 1. The molecule has 4 nitrogen and oxygen atoms in total. The number of benzene rings is 2. The molecule has 0 N–H and O–H groups in total. The lowest BCUT2D eigenvalue weighted by atomic mass is 10.0. The van der Waals surface area contributed by atoms with Gasteiger partial charge < -0.3 is 14.6 Å². The third-order valence-corrected chi connectivity index (χ3v) is 4.05. The van der Waals surface area contributed by atoms with Crippen LogP contribution in [0.15, 0.2) is 54.6 Å². The second kappa shape index (κ2) is 7.34. The van der Waals surface area contributed by atoms with Crippen LogP contribution in [0.1, 0.15) is 30.6 Å². The molecule has 2 aromatic carbocycles. The third kappa shape index (κ3) is 3.97. The number of carbonyl (C=O) groups is 1. The number of hydrogen-bond acceptors (Lipinski definition) is 4. The summed E-state index contributed by atoms with van der Waals surface area (Å²) in [5, 5.41) is 12.1. The Kier molecular flexibility index (Phi) is 4.98. The summed E-state index contributed by atoms with van der Waals surface area (Å²) in [7, 11) is 0. The Morgan fingerprint density at radius 3 is 2.52 bits per heavy atom. The number of aromatic carboxylic acids is 1. The normalized spacial score (nSPS) is 11.0. The molecular weight excluding hydrogens is 314 g/mol. The van der Waals surface area contributed by atoms with E-state index >= 15 is 0 Å². The first-order valence-electron chi connectivity index (χ1n) is 8.39. The van der Waals surface area contributed by atoms with Crippen molar-refractivity contribution in [2.24, 2.45) is 5.92 Å². The highest BCUT2D eigenvalue weighted by Gasteiger charge is 2.08. The zero-order valence-electron chi connectivity index (χ0n) is 14.4. The molecule has 128 valence electrons. The van der Waals surface area contributed by atoms with Crippen LogP contribution in [-0.4, -0.2) is 17.6 Å². The van der Waals surface area contributed by atoms with Gasteiger partial charge in [0, 0.05) is 16.5 Å². The Labute approximate surface area is 147 Å². The van der Waals surface area contributed by atoms with E-state index in [-0.39, 0.29) is 5.56 Å². The van der Waals surface area contributed by atoms with Crippen LogP contribution in [0.2, 0.25) is 0 Å². The van der Waals surface area contributed by atoms with Crippen molar-refractivity contribution in [3.05, 3.63) is 60.2 Å². The third-order valence-electron chi connectivity index (χ3n) is 4.05. The molecule has 3 aromatic rings. The minimum Gasteiger partial charge on any atom is -0.545 e. The van der Waals surface area contributed by atoms with Crippen molar-refractivity contribution in [2.45, 2.75) is 20.3 Å². The first-order valence-corrected chi connectivity index (χ1v) is 8.39. The zero-order valence-corrected chi connectivity index (χ0v) is 14.4. The van der Waals surface area contributed by atoms with Gasteiger partial charge in [-0.1, -0.05) is 32.0 Å². The van der Waals surface area contributed by atoms with Crippen molar-refractivity contribution >= 4 is 16.9 Å². The standard InChI is InChI=1S/C21H21NO3/c1-14(2)11-12-25-16-9-7-15(8-10-16)20-13-18(21(23)24)17-5-3-4-6-19(17)22-20/h3-10,13-14H,11-12H2,1-2H3,(H,23,24)/p-1. The number of carboxylic acid groups (broad SMARTS) is 1. The lowest BCUT2D eigenvalue weighted by Crippen LogP contribution is -2.22. The van der Waals surface area contributed by atoms with Gasteiger partial charge in [-0.15, -0.1) is 0 Å². The van der Waals surface area contributed by atoms with E-state index in [4.69, 9.17) is 4.74 Å². The topological polar surface area (TPSA) is 62.2 Å². The molecule has 0 saturated carbocycles. The quantitative estimate of drug-likeness (QED) is 0.690. The Hall–Kier alpha value is -2.88. The average molecular weight is 334 g/mol. The van der Waals surface area contributed by atoms with E-state index in [9.17, 15) is 9.90 Å². The highest BCUT2D eigenvalue weighted by atomic mass is 16.5. The van der Waals surface area contributed by atoms with Crippen LogP contribution < -0.4 is 9.84 Å². The molecule has 0 spiro atoms. The van der Waals surface area contributed by atoms with Crippen molar-refractivity contribution in [1.29, 1.82) is 0 Å². The fraction of sp³-hybridized carbons (Fsp3) is 0.238. The first kappa shape index (κ1) is 17.0. The molecule has 0 aliphatic heterocycles. The predicted octanol–water partition coefficient (Wildman–Crippen LogP) is 3.69. The molecular formula is C21H20NO3-. The summed E-state index contributed by atoms with van der Waals surface area (Å²) < 4.78 is 5.72. The number of aromatic nitrogens is 1. The van der Waals surface area contributed by atoms with Crippen LogP contribution in [0.3, 0.4) is 0 Å². The number of para-hydroxylation sites is 1. The maximum atomic E-state index is 11.5. The van der Waals surface area contributed by atoms with Crippen LogP contribution in [0.4, 0.5) is 0 Å². The zero-order chi connectivity index (χ0) is 17.8. The summed E-state index contributed by atoms with van der Waals surface area (Å²) in [6, 6.07) is 16.3. The summed E-state index contributed by atoms with van der Waals surface area (Å²) in [5.74, 6) is 0.197. The fourth-order valence-corrected chi connectivity index (χ4v) is 2.63. The lowest BCUT2D eigenvalue weighted by molar-refractivity contribution is -0.254. The Morgan fingerprint density at radius 2 is 1.84 bits per heavy atom. The number of carboxylic acids is 1. The molecule has 0 unspecified atom stereocenters. The predicted molar refractivity (Wildman–Crippen MR) is 96.5 cm³/mol. The van der Waals surface area contributed by atoms with E-state index < -0.39 is 5.97 Å². The Morgan fingerprint density at radius 1 is 1.12 bits per heavy atom. The largest absolute Gasteiger partial charge is 0.545 e. The maximum absolute atomic E-state index is 11.5. The van der Waals surface area contributed by atoms with Gasteiger partial charge in [0.25, 0.3) is 0 Å². The summed E-state index contributed by atoms with van der Waals surface area (Å²) >= 11 is 0. The van der Waals surface area contributed by atoms with Gasteiger partial charge >= 0.3 is 0 Å². The van der Waals surface area contributed by atoms with Crippen LogP contribution in [0, 0.1) is 5.92 Å². The van der Waals surface area contributed by atoms with Crippen LogP contribution in [-0.2, 0) is 0 Å². The summed E-state index contributed by atoms with van der Waals surface area (Å²) in [6.45, 7) is 5.00. The number of carbonyl (C=O) groups excluding carboxylic acids is 1. The van der Waals surface area contributed by atoms with Gasteiger partial charge in [-0.2, -0.15) is 0 Å². The molecule has 0 aliphatic rings. The highest BCUT2D eigenvalue weighted by Crippen LogP contribution is 2.26. The van der Waals surface area contributed by atoms with Crippen molar-refractivity contribution in [3.63, 3.8) is 0 Å². The molecule has 0 fully saturated rings. The fourth-order valence-electron chi connectivity index (χ4n) is 2.63. The van der Waals surface area contributed by atoms with E-state index in [0.717, 1.165) is 17.7 Å². The van der Waals surface area contributed by atoms with Crippen molar-refractivity contribution in [2.75, 3.05) is 6.61 Å². The second-order valence-electron chi connectivity index (χ2n) is 6.42. The number of fused-ring (bicyclic) bond motifs is 1. The molecule has 0 bridgehead atoms. The summed E-state index contributed by atoms with van der Waals surface area (Å²) in [6.07, 6.45) is 1.00. The molecule has 0 saturated heterocycles. The van der Waals surface area contributed by atoms with E-state index in [1.54, 1.807) is 24.3 Å². The number of rotatable bonds is 6. The first-order chi connectivity index (χ1) is 12.0. The molecule has 4 heteroatoms. The van der Waals surface area contributed by atoms with Gasteiger partial charge in [0.2, 0.25) is 0 Å². The highest BCUT2D eigenvalue weighted by molar-refractivity contribution is 6.02. The summed E-state index contributed by atoms with van der Waals surface area (Å²) in [5.41, 5.74) is 2.23. The number of pyridine rings is 1. The van der Waals surface area contributed by atoms with Crippen LogP contribution in [0.5, 0.6) is 5.75 Å². The average Bonchev–Trinajstić information content (AvgIpc) is 2.61. The van der Waals surface area contributed by atoms with Crippen LogP contribution >= 0.6 is 0 Å². The van der Waals surface area contributed by atoms with Gasteiger partial charge in [-0.3, -0.25) is 0 Å². The SMILES string of the molecule is CC(C)CCOc1ccc(-c2cc(C(=O)[O-])c3ccccc3n2)cc1.